The second-order valence-corrected chi connectivity index (χ2v) is 7.23. The first kappa shape index (κ1) is 19.2. The SMILES string of the molecule is O=C(c1ccccc1F)N1CC[NH+]([C@H]2CC(=O)N(c3ccc(F)cc3)C2=O)CC1. The van der Waals surface area contributed by atoms with Crippen molar-refractivity contribution in [2.45, 2.75) is 12.5 Å². The summed E-state index contributed by atoms with van der Waals surface area (Å²) in [4.78, 5) is 41.4. The van der Waals surface area contributed by atoms with E-state index in [2.05, 4.69) is 0 Å². The van der Waals surface area contributed by atoms with Crippen LogP contribution in [0.25, 0.3) is 0 Å². The largest absolute Gasteiger partial charge is 0.327 e. The summed E-state index contributed by atoms with van der Waals surface area (Å²) >= 11 is 0. The lowest BCUT2D eigenvalue weighted by molar-refractivity contribution is -0.918. The third-order valence-electron chi connectivity index (χ3n) is 5.52. The fraction of sp³-hybridized carbons (Fsp3) is 0.286. The van der Waals surface area contributed by atoms with Crippen molar-refractivity contribution in [1.82, 2.24) is 4.90 Å². The number of carbonyl (C=O) groups excluding carboxylic acids is 3. The summed E-state index contributed by atoms with van der Waals surface area (Å²) < 4.78 is 27.0. The van der Waals surface area contributed by atoms with Gasteiger partial charge in [0.2, 0.25) is 5.91 Å². The van der Waals surface area contributed by atoms with E-state index in [0.717, 1.165) is 9.80 Å². The van der Waals surface area contributed by atoms with Crippen LogP contribution in [0.15, 0.2) is 48.5 Å². The van der Waals surface area contributed by atoms with Crippen molar-refractivity contribution in [3.8, 4) is 0 Å². The van der Waals surface area contributed by atoms with Gasteiger partial charge in [0, 0.05) is 0 Å². The molecule has 0 spiro atoms. The Morgan fingerprint density at radius 1 is 0.966 bits per heavy atom. The zero-order chi connectivity index (χ0) is 20.5. The first-order chi connectivity index (χ1) is 14.0. The molecule has 2 aromatic carbocycles. The molecule has 1 atom stereocenters. The number of hydrogen-bond acceptors (Lipinski definition) is 3. The zero-order valence-corrected chi connectivity index (χ0v) is 15.6. The molecule has 8 heteroatoms. The number of benzene rings is 2. The Balaban J connectivity index is 1.42. The molecule has 1 N–H and O–H groups in total. The highest BCUT2D eigenvalue weighted by molar-refractivity contribution is 6.21. The van der Waals surface area contributed by atoms with Gasteiger partial charge in [-0.25, -0.2) is 13.7 Å². The Bertz CT molecular complexity index is 956. The minimum Gasteiger partial charge on any atom is -0.327 e. The van der Waals surface area contributed by atoms with Crippen LogP contribution in [0.2, 0.25) is 0 Å². The molecule has 2 fully saturated rings. The molecule has 0 aromatic heterocycles. The number of nitrogens with one attached hydrogen (secondary N) is 1. The second-order valence-electron chi connectivity index (χ2n) is 7.23. The minimum atomic E-state index is -0.557. The topological polar surface area (TPSA) is 62.1 Å². The van der Waals surface area contributed by atoms with Gasteiger partial charge in [-0.2, -0.15) is 0 Å². The highest BCUT2D eigenvalue weighted by atomic mass is 19.1. The molecule has 150 valence electrons. The first-order valence-corrected chi connectivity index (χ1v) is 9.46. The molecular weight excluding hydrogens is 380 g/mol. The summed E-state index contributed by atoms with van der Waals surface area (Å²) in [6.45, 7) is 1.72. The maximum absolute atomic E-state index is 13.9. The minimum absolute atomic E-state index is 0.0329. The van der Waals surface area contributed by atoms with E-state index in [1.165, 1.54) is 42.5 Å². The van der Waals surface area contributed by atoms with Crippen molar-refractivity contribution in [2.24, 2.45) is 0 Å². The van der Waals surface area contributed by atoms with E-state index in [0.29, 0.717) is 31.9 Å². The normalized spacial score (nSPS) is 20.4. The number of amides is 3. The third-order valence-corrected chi connectivity index (χ3v) is 5.52. The van der Waals surface area contributed by atoms with E-state index in [-0.39, 0.29) is 29.7 Å². The molecule has 2 aliphatic heterocycles. The van der Waals surface area contributed by atoms with E-state index in [9.17, 15) is 23.2 Å². The van der Waals surface area contributed by atoms with Crippen LogP contribution >= 0.6 is 0 Å². The van der Waals surface area contributed by atoms with Crippen molar-refractivity contribution >= 4 is 23.4 Å². The average Bonchev–Trinajstić information content (AvgIpc) is 3.03. The number of halogens is 2. The van der Waals surface area contributed by atoms with Crippen LogP contribution in [0.3, 0.4) is 0 Å². The molecule has 29 heavy (non-hydrogen) atoms. The summed E-state index contributed by atoms with van der Waals surface area (Å²) in [5.41, 5.74) is 0.391. The molecule has 2 aliphatic rings. The van der Waals surface area contributed by atoms with E-state index in [4.69, 9.17) is 0 Å². The summed E-state index contributed by atoms with van der Waals surface area (Å²) in [7, 11) is 0. The molecule has 0 saturated carbocycles. The molecule has 6 nitrogen and oxygen atoms in total. The van der Waals surface area contributed by atoms with Gasteiger partial charge in [0.15, 0.2) is 6.04 Å². The van der Waals surface area contributed by atoms with Crippen LogP contribution in [-0.4, -0.2) is 54.8 Å². The maximum Gasteiger partial charge on any atom is 0.292 e. The van der Waals surface area contributed by atoms with Gasteiger partial charge in [-0.3, -0.25) is 14.4 Å². The Labute approximate surface area is 166 Å². The van der Waals surface area contributed by atoms with Crippen molar-refractivity contribution in [3.05, 3.63) is 65.7 Å². The molecule has 0 unspecified atom stereocenters. The number of imide groups is 1. The summed E-state index contributed by atoms with van der Waals surface area (Å²) in [5.74, 6) is -2.00. The van der Waals surface area contributed by atoms with Crippen LogP contribution in [0.4, 0.5) is 14.5 Å². The molecular formula is C21H20F2N3O3+. The molecule has 2 saturated heterocycles. The number of quaternary nitrogens is 1. The molecule has 2 aromatic rings. The second kappa shape index (κ2) is 7.71. The highest BCUT2D eigenvalue weighted by Crippen LogP contribution is 2.22. The first-order valence-electron chi connectivity index (χ1n) is 9.46. The quantitative estimate of drug-likeness (QED) is 0.770. The van der Waals surface area contributed by atoms with Gasteiger partial charge in [0.1, 0.15) is 11.6 Å². The molecule has 4 rings (SSSR count). The van der Waals surface area contributed by atoms with Crippen LogP contribution in [0.5, 0.6) is 0 Å². The summed E-state index contributed by atoms with van der Waals surface area (Å²) in [6.07, 6.45) is 0.0762. The van der Waals surface area contributed by atoms with Crippen molar-refractivity contribution < 1.29 is 28.1 Å². The highest BCUT2D eigenvalue weighted by Gasteiger charge is 2.46. The van der Waals surface area contributed by atoms with Gasteiger partial charge >= 0.3 is 0 Å². The number of nitrogens with zero attached hydrogens (tertiary/aromatic N) is 2. The predicted octanol–water partition coefficient (Wildman–Crippen LogP) is 0.638. The van der Waals surface area contributed by atoms with Gasteiger partial charge in [0.25, 0.3) is 11.8 Å². The molecule has 0 bridgehead atoms. The van der Waals surface area contributed by atoms with Crippen LogP contribution in [-0.2, 0) is 9.59 Å². The smallest absolute Gasteiger partial charge is 0.292 e. The van der Waals surface area contributed by atoms with E-state index >= 15 is 0 Å². The molecule has 3 amide bonds. The lowest BCUT2D eigenvalue weighted by Gasteiger charge is -2.34. The Kier molecular flexibility index (Phi) is 5.10. The van der Waals surface area contributed by atoms with Crippen LogP contribution in [0, 0.1) is 11.6 Å². The summed E-state index contributed by atoms with van der Waals surface area (Å²) in [5, 5.41) is 0. The fourth-order valence-corrected chi connectivity index (χ4v) is 3.96. The van der Waals surface area contributed by atoms with Gasteiger partial charge in [-0.05, 0) is 36.4 Å². The number of anilines is 1. The lowest BCUT2D eigenvalue weighted by Crippen LogP contribution is -3.19. The summed E-state index contributed by atoms with van der Waals surface area (Å²) in [6, 6.07) is 10.6. The van der Waals surface area contributed by atoms with Gasteiger partial charge in [0.05, 0.1) is 43.9 Å². The van der Waals surface area contributed by atoms with Crippen LogP contribution < -0.4 is 9.80 Å². The van der Waals surface area contributed by atoms with Crippen LogP contribution in [0.1, 0.15) is 16.8 Å². The van der Waals surface area contributed by atoms with Gasteiger partial charge in [-0.15, -0.1) is 0 Å². The number of hydrogen-bond donors (Lipinski definition) is 1. The average molecular weight is 400 g/mol. The molecule has 2 heterocycles. The standard InChI is InChI=1S/C21H19F2N3O3/c22-14-5-7-15(8-6-14)26-19(27)13-18(21(26)29)24-9-11-25(12-10-24)20(28)16-3-1-2-4-17(16)23/h1-8,18H,9-13H2/p+1/t18-/m0/s1. The number of piperazine rings is 1. The Hall–Kier alpha value is -3.13. The predicted molar refractivity (Wildman–Crippen MR) is 100 cm³/mol. The number of carbonyl (C=O) groups is 3. The van der Waals surface area contributed by atoms with Gasteiger partial charge < -0.3 is 9.80 Å². The third kappa shape index (κ3) is 3.63. The van der Waals surface area contributed by atoms with E-state index in [1.54, 1.807) is 11.0 Å². The van der Waals surface area contributed by atoms with Crippen molar-refractivity contribution in [1.29, 1.82) is 0 Å². The maximum atomic E-state index is 13.9. The van der Waals surface area contributed by atoms with E-state index in [1.807, 2.05) is 0 Å². The van der Waals surface area contributed by atoms with Crippen molar-refractivity contribution in [2.75, 3.05) is 31.1 Å². The fourth-order valence-electron chi connectivity index (χ4n) is 3.96. The zero-order valence-electron chi connectivity index (χ0n) is 15.6. The van der Waals surface area contributed by atoms with Gasteiger partial charge in [-0.1, -0.05) is 12.1 Å². The van der Waals surface area contributed by atoms with E-state index < -0.39 is 17.7 Å². The monoisotopic (exact) mass is 400 g/mol. The molecule has 0 aliphatic carbocycles. The Morgan fingerprint density at radius 2 is 1.62 bits per heavy atom. The lowest BCUT2D eigenvalue weighted by atomic mass is 10.1. The Morgan fingerprint density at radius 3 is 2.28 bits per heavy atom. The molecule has 0 radical (unpaired) electrons. The number of rotatable bonds is 3. The van der Waals surface area contributed by atoms with Crippen molar-refractivity contribution in [3.63, 3.8) is 0 Å².